The lowest BCUT2D eigenvalue weighted by atomic mass is 9.44. The summed E-state index contributed by atoms with van der Waals surface area (Å²) in [7, 11) is 0. The zero-order chi connectivity index (χ0) is 22.9. The van der Waals surface area contributed by atoms with Gasteiger partial charge in [0, 0.05) is 5.25 Å². The highest BCUT2D eigenvalue weighted by atomic mass is 32.2. The molecule has 5 aliphatic rings. The highest BCUT2D eigenvalue weighted by molar-refractivity contribution is 8.01. The minimum atomic E-state index is 0.0358. The van der Waals surface area contributed by atoms with E-state index in [1.807, 2.05) is 0 Å². The maximum atomic E-state index is 6.52. The van der Waals surface area contributed by atoms with Gasteiger partial charge in [-0.05, 0) is 117 Å². The predicted molar refractivity (Wildman–Crippen MR) is 139 cm³/mol. The van der Waals surface area contributed by atoms with E-state index in [1.54, 1.807) is 0 Å². The first kappa shape index (κ1) is 24.0. The van der Waals surface area contributed by atoms with E-state index in [2.05, 4.69) is 60.2 Å². The van der Waals surface area contributed by atoms with Crippen molar-refractivity contribution in [3.05, 3.63) is 0 Å². The molecule has 0 aromatic carbocycles. The first-order chi connectivity index (χ1) is 15.0. The van der Waals surface area contributed by atoms with Crippen molar-refractivity contribution >= 4 is 11.8 Å². The van der Waals surface area contributed by atoms with Crippen LogP contribution in [0.2, 0.25) is 0 Å². The van der Waals surface area contributed by atoms with Crippen LogP contribution in [0.4, 0.5) is 0 Å². The summed E-state index contributed by atoms with van der Waals surface area (Å²) < 4.78 is 6.52. The van der Waals surface area contributed by atoms with Gasteiger partial charge in [-0.15, -0.1) is 11.8 Å². The smallest absolute Gasteiger partial charge is 0.108 e. The quantitative estimate of drug-likeness (QED) is 0.405. The van der Waals surface area contributed by atoms with Gasteiger partial charge in [0.2, 0.25) is 0 Å². The molecule has 0 aromatic rings. The second-order valence-corrected chi connectivity index (χ2v) is 16.2. The number of ether oxygens (including phenoxy) is 1. The number of hydrogen-bond donors (Lipinski definition) is 0. The first-order valence-corrected chi connectivity index (χ1v) is 15.3. The molecule has 0 spiro atoms. The molecule has 1 aliphatic heterocycles. The van der Waals surface area contributed by atoms with Crippen LogP contribution in [-0.4, -0.2) is 16.3 Å². The van der Waals surface area contributed by atoms with Crippen molar-refractivity contribution in [3.8, 4) is 0 Å². The topological polar surface area (TPSA) is 9.23 Å². The Balaban J connectivity index is 1.30. The van der Waals surface area contributed by atoms with Crippen molar-refractivity contribution < 1.29 is 4.74 Å². The van der Waals surface area contributed by atoms with E-state index in [1.165, 1.54) is 70.6 Å². The molecule has 1 saturated heterocycles. The van der Waals surface area contributed by atoms with E-state index >= 15 is 0 Å². The van der Waals surface area contributed by atoms with Crippen molar-refractivity contribution in [2.45, 2.75) is 135 Å². The average Bonchev–Trinajstić information content (AvgIpc) is 3.19. The molecule has 5 fully saturated rings. The Morgan fingerprint density at radius 1 is 0.875 bits per heavy atom. The minimum Gasteiger partial charge on any atom is -0.361 e. The van der Waals surface area contributed by atoms with Crippen molar-refractivity contribution in [2.75, 3.05) is 0 Å². The summed E-state index contributed by atoms with van der Waals surface area (Å²) in [5, 5.41) is 0.746. The van der Waals surface area contributed by atoms with Crippen molar-refractivity contribution in [1.29, 1.82) is 0 Å². The van der Waals surface area contributed by atoms with Crippen molar-refractivity contribution in [3.63, 3.8) is 0 Å². The van der Waals surface area contributed by atoms with Crippen LogP contribution in [0.1, 0.15) is 119 Å². The van der Waals surface area contributed by atoms with E-state index in [-0.39, 0.29) is 4.93 Å². The molecule has 10 atom stereocenters. The molecular weight excluding hydrogens is 408 g/mol. The summed E-state index contributed by atoms with van der Waals surface area (Å²) >= 11 is 2.16. The van der Waals surface area contributed by atoms with Crippen LogP contribution in [0.25, 0.3) is 0 Å². The minimum absolute atomic E-state index is 0.0358. The number of hydrogen-bond acceptors (Lipinski definition) is 2. The van der Waals surface area contributed by atoms with Gasteiger partial charge in [0.25, 0.3) is 0 Å². The molecule has 184 valence electrons. The third-order valence-electron chi connectivity index (χ3n) is 11.7. The third kappa shape index (κ3) is 3.94. The van der Waals surface area contributed by atoms with Crippen LogP contribution in [0.3, 0.4) is 0 Å². The van der Waals surface area contributed by atoms with Crippen LogP contribution in [0.5, 0.6) is 0 Å². The largest absolute Gasteiger partial charge is 0.361 e. The van der Waals surface area contributed by atoms with Gasteiger partial charge in [0.15, 0.2) is 0 Å². The lowest BCUT2D eigenvalue weighted by molar-refractivity contribution is -0.136. The molecule has 0 radical (unpaired) electrons. The number of rotatable bonds is 5. The van der Waals surface area contributed by atoms with Crippen LogP contribution in [0, 0.1) is 52.3 Å². The maximum Gasteiger partial charge on any atom is 0.108 e. The standard InChI is InChI=1S/C30H52OS/c1-19(2)9-8-10-20(3)23-13-14-24-22-12-11-21-17-26-27(32-28(4,5)31-26)18-30(21,7)25(22)15-16-29(23,24)6/h19-27H,8-18H2,1-7H3/t20-,21+,22-,23+,24-,25-,26+,27+,29+,30-/m0/s1. The van der Waals surface area contributed by atoms with Gasteiger partial charge >= 0.3 is 0 Å². The summed E-state index contributed by atoms with van der Waals surface area (Å²) in [5.74, 6) is 6.71. The maximum absolute atomic E-state index is 6.52. The van der Waals surface area contributed by atoms with Crippen molar-refractivity contribution in [1.82, 2.24) is 0 Å². The summed E-state index contributed by atoms with van der Waals surface area (Å²) in [6.07, 6.45) is 16.7. The van der Waals surface area contributed by atoms with Gasteiger partial charge < -0.3 is 4.74 Å². The Kier molecular flexibility index (Phi) is 6.35. The monoisotopic (exact) mass is 460 g/mol. The van der Waals surface area contributed by atoms with Crippen molar-refractivity contribution in [2.24, 2.45) is 52.3 Å². The second kappa shape index (κ2) is 8.46. The van der Waals surface area contributed by atoms with E-state index in [0.717, 1.165) is 46.7 Å². The molecule has 4 aliphatic carbocycles. The zero-order valence-corrected chi connectivity index (χ0v) is 23.1. The molecule has 1 heterocycles. The van der Waals surface area contributed by atoms with Gasteiger partial charge in [-0.25, -0.2) is 0 Å². The highest BCUT2D eigenvalue weighted by Gasteiger charge is 2.62. The zero-order valence-electron chi connectivity index (χ0n) is 22.3. The fourth-order valence-corrected chi connectivity index (χ4v) is 11.9. The summed E-state index contributed by atoms with van der Waals surface area (Å²) in [6.45, 7) is 17.5. The van der Waals surface area contributed by atoms with E-state index in [9.17, 15) is 0 Å². The van der Waals surface area contributed by atoms with Crippen LogP contribution in [-0.2, 0) is 4.74 Å². The molecule has 0 amide bonds. The first-order valence-electron chi connectivity index (χ1n) is 14.4. The highest BCUT2D eigenvalue weighted by Crippen LogP contribution is 2.69. The lowest BCUT2D eigenvalue weighted by Crippen LogP contribution is -2.56. The average molecular weight is 461 g/mol. The molecule has 4 saturated carbocycles. The molecule has 0 unspecified atom stereocenters. The molecule has 5 rings (SSSR count). The van der Waals surface area contributed by atoms with Gasteiger partial charge in [0.1, 0.15) is 4.93 Å². The Bertz CT molecular complexity index is 686. The van der Waals surface area contributed by atoms with Gasteiger partial charge in [-0.1, -0.05) is 53.9 Å². The molecule has 1 nitrogen and oxygen atoms in total. The number of thioether (sulfide) groups is 1. The van der Waals surface area contributed by atoms with Crippen LogP contribution >= 0.6 is 11.8 Å². The SMILES string of the molecule is CC(C)CCC[C@H](C)[C@H]1CC[C@H]2[C@@H]3CC[C@@H]4C[C@H]5OC(C)(C)S[C@@H]5C[C@]4(C)[C@H]3CC[C@]12C. The Hall–Kier alpha value is 0.310. The van der Waals surface area contributed by atoms with Crippen LogP contribution in [0.15, 0.2) is 0 Å². The summed E-state index contributed by atoms with van der Waals surface area (Å²) in [6, 6.07) is 0. The van der Waals surface area contributed by atoms with Gasteiger partial charge in [-0.2, -0.15) is 0 Å². The fourth-order valence-electron chi connectivity index (χ4n) is 10.3. The predicted octanol–water partition coefficient (Wildman–Crippen LogP) is 8.95. The molecule has 0 bridgehead atoms. The summed E-state index contributed by atoms with van der Waals surface area (Å²) in [4.78, 5) is 0.0358. The molecule has 0 aromatic heterocycles. The molecule has 2 heteroatoms. The molecular formula is C30H52OS. The number of fused-ring (bicyclic) bond motifs is 6. The third-order valence-corrected chi connectivity index (χ3v) is 13.1. The van der Waals surface area contributed by atoms with Gasteiger partial charge in [-0.3, -0.25) is 0 Å². The van der Waals surface area contributed by atoms with E-state index in [4.69, 9.17) is 4.74 Å². The van der Waals surface area contributed by atoms with Gasteiger partial charge in [0.05, 0.1) is 6.10 Å². The van der Waals surface area contributed by atoms with E-state index < -0.39 is 0 Å². The summed E-state index contributed by atoms with van der Waals surface area (Å²) in [5.41, 5.74) is 1.20. The van der Waals surface area contributed by atoms with Crippen LogP contribution < -0.4 is 0 Å². The Morgan fingerprint density at radius 3 is 2.38 bits per heavy atom. The Morgan fingerprint density at radius 2 is 1.62 bits per heavy atom. The lowest BCUT2D eigenvalue weighted by Gasteiger charge is -2.61. The normalized spacial score (nSPS) is 50.4. The Labute approximate surface area is 204 Å². The fraction of sp³-hybridized carbons (Fsp3) is 1.00. The molecule has 0 N–H and O–H groups in total. The van der Waals surface area contributed by atoms with E-state index in [0.29, 0.717) is 16.9 Å². The molecule has 32 heavy (non-hydrogen) atoms. The second-order valence-electron chi connectivity index (χ2n) is 14.3.